The first-order chi connectivity index (χ1) is 5.74. The zero-order chi connectivity index (χ0) is 9.40. The molecule has 0 fully saturated rings. The van der Waals surface area contributed by atoms with E-state index in [0.29, 0.717) is 12.6 Å². The van der Waals surface area contributed by atoms with Crippen LogP contribution in [0.1, 0.15) is 13.8 Å². The van der Waals surface area contributed by atoms with Crippen LogP contribution in [-0.4, -0.2) is 44.2 Å². The van der Waals surface area contributed by atoms with Crippen molar-refractivity contribution in [3.05, 3.63) is 0 Å². The second-order valence-electron chi connectivity index (χ2n) is 2.75. The quantitative estimate of drug-likeness (QED) is 0.459. The molecule has 12 heavy (non-hydrogen) atoms. The summed E-state index contributed by atoms with van der Waals surface area (Å²) >= 11 is 0. The molecule has 0 spiro atoms. The van der Waals surface area contributed by atoms with Crippen LogP contribution < -0.4 is 10.6 Å². The van der Waals surface area contributed by atoms with E-state index in [0.717, 1.165) is 6.54 Å². The lowest BCUT2D eigenvalue weighted by molar-refractivity contribution is -0.0109. The minimum Gasteiger partial charge on any atom is -0.392 e. The highest BCUT2D eigenvalue weighted by Crippen LogP contribution is 1.88. The van der Waals surface area contributed by atoms with Crippen LogP contribution in [0, 0.1) is 0 Å². The van der Waals surface area contributed by atoms with E-state index < -0.39 is 0 Å². The molecule has 0 aliphatic carbocycles. The molecule has 0 amide bonds. The molecule has 2 unspecified atom stereocenters. The van der Waals surface area contributed by atoms with Crippen molar-refractivity contribution in [2.75, 3.05) is 26.8 Å². The molecule has 3 N–H and O–H groups in total. The van der Waals surface area contributed by atoms with E-state index in [1.807, 2.05) is 6.92 Å². The van der Waals surface area contributed by atoms with Crippen LogP contribution in [0.3, 0.4) is 0 Å². The fourth-order valence-corrected chi connectivity index (χ4v) is 0.895. The number of ether oxygens (including phenoxy) is 1. The summed E-state index contributed by atoms with van der Waals surface area (Å²) in [5.74, 6) is 0. The average molecular weight is 176 g/mol. The second-order valence-corrected chi connectivity index (χ2v) is 2.75. The Morgan fingerprint density at radius 3 is 2.58 bits per heavy atom. The molecule has 0 aliphatic heterocycles. The highest BCUT2D eigenvalue weighted by molar-refractivity contribution is 4.58. The van der Waals surface area contributed by atoms with Gasteiger partial charge in [0.15, 0.2) is 0 Å². The highest BCUT2D eigenvalue weighted by Gasteiger charge is 2.06. The molecule has 2 atom stereocenters. The van der Waals surface area contributed by atoms with Gasteiger partial charge in [-0.25, -0.2) is 0 Å². The van der Waals surface area contributed by atoms with Gasteiger partial charge in [-0.3, -0.25) is 5.32 Å². The summed E-state index contributed by atoms with van der Waals surface area (Å²) in [6.45, 7) is 5.66. The van der Waals surface area contributed by atoms with Gasteiger partial charge in [0.05, 0.1) is 13.2 Å². The molecular weight excluding hydrogens is 156 g/mol. The van der Waals surface area contributed by atoms with E-state index in [1.54, 1.807) is 7.05 Å². The van der Waals surface area contributed by atoms with E-state index in [-0.39, 0.29) is 12.8 Å². The van der Waals surface area contributed by atoms with Gasteiger partial charge in [0, 0.05) is 6.04 Å². The molecule has 0 heterocycles. The molecule has 0 aromatic heterocycles. The van der Waals surface area contributed by atoms with Crippen molar-refractivity contribution in [3.63, 3.8) is 0 Å². The molecule has 0 saturated heterocycles. The first-order valence-electron chi connectivity index (χ1n) is 4.37. The number of hydrogen-bond donors (Lipinski definition) is 3. The van der Waals surface area contributed by atoms with Gasteiger partial charge in [-0.2, -0.15) is 0 Å². The minimum atomic E-state index is -0.244. The Hall–Kier alpha value is -0.160. The van der Waals surface area contributed by atoms with Crippen LogP contribution in [0.25, 0.3) is 0 Å². The van der Waals surface area contributed by atoms with Crippen LogP contribution >= 0.6 is 0 Å². The monoisotopic (exact) mass is 176 g/mol. The number of likely N-dealkylation sites (N-methyl/N-ethyl adjacent to an activating group) is 2. The zero-order valence-corrected chi connectivity index (χ0v) is 8.13. The van der Waals surface area contributed by atoms with Gasteiger partial charge >= 0.3 is 0 Å². The maximum atomic E-state index is 8.76. The third kappa shape index (κ3) is 5.49. The van der Waals surface area contributed by atoms with Crippen LogP contribution in [0.5, 0.6) is 0 Å². The number of aliphatic hydroxyl groups is 1. The van der Waals surface area contributed by atoms with Crippen LogP contribution in [0.2, 0.25) is 0 Å². The summed E-state index contributed by atoms with van der Waals surface area (Å²) in [6.07, 6.45) is -0.244. The number of hydrogen-bond acceptors (Lipinski definition) is 4. The van der Waals surface area contributed by atoms with Crippen molar-refractivity contribution in [2.24, 2.45) is 0 Å². The third-order valence-corrected chi connectivity index (χ3v) is 1.59. The van der Waals surface area contributed by atoms with Crippen molar-refractivity contribution in [1.29, 1.82) is 0 Å². The first kappa shape index (κ1) is 11.8. The lowest BCUT2D eigenvalue weighted by Gasteiger charge is -2.18. The fourth-order valence-electron chi connectivity index (χ4n) is 0.895. The van der Waals surface area contributed by atoms with Crippen LogP contribution in [0.15, 0.2) is 0 Å². The lowest BCUT2D eigenvalue weighted by atomic mass is 10.3. The number of rotatable bonds is 7. The SMILES string of the molecule is CCNC(C)COC(CO)NC. The Bertz CT molecular complexity index is 97.1. The van der Waals surface area contributed by atoms with Crippen molar-refractivity contribution in [1.82, 2.24) is 10.6 Å². The summed E-state index contributed by atoms with van der Waals surface area (Å²) in [7, 11) is 1.76. The Balaban J connectivity index is 3.37. The standard InChI is InChI=1S/C8H20N2O2/c1-4-10-7(2)6-12-8(5-11)9-3/h7-11H,4-6H2,1-3H3. The van der Waals surface area contributed by atoms with Gasteiger partial charge in [-0.05, 0) is 20.5 Å². The summed E-state index contributed by atoms with van der Waals surface area (Å²) in [5.41, 5.74) is 0. The zero-order valence-electron chi connectivity index (χ0n) is 8.13. The second kappa shape index (κ2) is 7.49. The van der Waals surface area contributed by atoms with Gasteiger partial charge in [0.1, 0.15) is 6.23 Å². The normalized spacial score (nSPS) is 16.0. The smallest absolute Gasteiger partial charge is 0.131 e. The molecule has 74 valence electrons. The van der Waals surface area contributed by atoms with E-state index in [4.69, 9.17) is 9.84 Å². The van der Waals surface area contributed by atoms with Crippen LogP contribution in [0.4, 0.5) is 0 Å². The van der Waals surface area contributed by atoms with E-state index >= 15 is 0 Å². The molecule has 0 aromatic carbocycles. The van der Waals surface area contributed by atoms with Gasteiger partial charge in [-0.1, -0.05) is 6.92 Å². The summed E-state index contributed by atoms with van der Waals surface area (Å²) in [6, 6.07) is 0.331. The molecule has 0 aromatic rings. The van der Waals surface area contributed by atoms with E-state index in [1.165, 1.54) is 0 Å². The average Bonchev–Trinajstić information content (AvgIpc) is 2.07. The Morgan fingerprint density at radius 2 is 2.17 bits per heavy atom. The highest BCUT2D eigenvalue weighted by atomic mass is 16.5. The van der Waals surface area contributed by atoms with Crippen molar-refractivity contribution in [3.8, 4) is 0 Å². The largest absolute Gasteiger partial charge is 0.392 e. The topological polar surface area (TPSA) is 53.5 Å². The summed E-state index contributed by atoms with van der Waals surface area (Å²) in [5, 5.41) is 14.8. The minimum absolute atomic E-state index is 0.00927. The molecule has 4 heteroatoms. The Kier molecular flexibility index (Phi) is 7.39. The van der Waals surface area contributed by atoms with Gasteiger partial charge < -0.3 is 15.2 Å². The van der Waals surface area contributed by atoms with Crippen LogP contribution in [-0.2, 0) is 4.74 Å². The number of aliphatic hydroxyl groups excluding tert-OH is 1. The maximum Gasteiger partial charge on any atom is 0.131 e. The third-order valence-electron chi connectivity index (χ3n) is 1.59. The van der Waals surface area contributed by atoms with E-state index in [9.17, 15) is 0 Å². The molecular formula is C8H20N2O2. The molecule has 0 radical (unpaired) electrons. The van der Waals surface area contributed by atoms with E-state index in [2.05, 4.69) is 17.6 Å². The van der Waals surface area contributed by atoms with Gasteiger partial charge in [-0.15, -0.1) is 0 Å². The summed E-state index contributed by atoms with van der Waals surface area (Å²) < 4.78 is 5.33. The molecule has 4 nitrogen and oxygen atoms in total. The maximum absolute atomic E-state index is 8.76. The van der Waals surface area contributed by atoms with Gasteiger partial charge in [0.25, 0.3) is 0 Å². The van der Waals surface area contributed by atoms with Crippen molar-refractivity contribution in [2.45, 2.75) is 26.1 Å². The summed E-state index contributed by atoms with van der Waals surface area (Å²) in [4.78, 5) is 0. The molecule has 0 bridgehead atoms. The first-order valence-corrected chi connectivity index (χ1v) is 4.37. The Morgan fingerprint density at radius 1 is 1.50 bits per heavy atom. The number of nitrogens with one attached hydrogen (secondary N) is 2. The van der Waals surface area contributed by atoms with Crippen molar-refractivity contribution < 1.29 is 9.84 Å². The molecule has 0 saturated carbocycles. The predicted octanol–water partition coefficient (Wildman–Crippen LogP) is -0.461. The fraction of sp³-hybridized carbons (Fsp3) is 1.00. The van der Waals surface area contributed by atoms with Gasteiger partial charge in [0.2, 0.25) is 0 Å². The molecule has 0 rings (SSSR count). The Labute approximate surface area is 74.3 Å². The predicted molar refractivity (Wildman–Crippen MR) is 49.0 cm³/mol. The lowest BCUT2D eigenvalue weighted by Crippen LogP contribution is -2.38. The molecule has 0 aliphatic rings. The van der Waals surface area contributed by atoms with Crippen molar-refractivity contribution >= 4 is 0 Å².